The normalized spacial score (nSPS) is 10.5. The first-order valence-electron chi connectivity index (χ1n) is 9.10. The van der Waals surface area contributed by atoms with E-state index in [1.54, 1.807) is 49.0 Å². The highest BCUT2D eigenvalue weighted by molar-refractivity contribution is 5.97. The second-order valence-corrected chi connectivity index (χ2v) is 6.77. The van der Waals surface area contributed by atoms with Crippen LogP contribution in [-0.2, 0) is 9.53 Å². The van der Waals surface area contributed by atoms with E-state index in [0.29, 0.717) is 0 Å². The Morgan fingerprint density at radius 2 is 1.77 bits per heavy atom. The summed E-state index contributed by atoms with van der Waals surface area (Å²) in [5, 5.41) is 17.8. The van der Waals surface area contributed by atoms with Gasteiger partial charge in [-0.3, -0.25) is 14.9 Å². The number of aryl methyl sites for hydroxylation is 3. The third-order valence-electron chi connectivity index (χ3n) is 4.60. The molecule has 0 aliphatic heterocycles. The van der Waals surface area contributed by atoms with E-state index < -0.39 is 23.4 Å². The molecule has 0 fully saturated rings. The van der Waals surface area contributed by atoms with Gasteiger partial charge < -0.3 is 10.1 Å². The highest BCUT2D eigenvalue weighted by Crippen LogP contribution is 2.27. The van der Waals surface area contributed by atoms with E-state index in [1.165, 1.54) is 12.1 Å². The van der Waals surface area contributed by atoms with E-state index in [9.17, 15) is 19.7 Å². The summed E-state index contributed by atoms with van der Waals surface area (Å²) in [4.78, 5) is 35.0. The first-order chi connectivity index (χ1) is 14.3. The van der Waals surface area contributed by atoms with Crippen molar-refractivity contribution < 1.29 is 19.2 Å². The average Bonchev–Trinajstić information content (AvgIpc) is 3.14. The van der Waals surface area contributed by atoms with Gasteiger partial charge in [-0.25, -0.2) is 9.48 Å². The van der Waals surface area contributed by atoms with Gasteiger partial charge in [-0.15, -0.1) is 0 Å². The summed E-state index contributed by atoms with van der Waals surface area (Å²) in [6.07, 6.45) is 1.68. The highest BCUT2D eigenvalue weighted by atomic mass is 16.6. The van der Waals surface area contributed by atoms with Gasteiger partial charge in [0.05, 0.1) is 16.2 Å². The Balaban J connectivity index is 1.63. The van der Waals surface area contributed by atoms with Crippen LogP contribution in [0, 0.1) is 30.9 Å². The molecule has 9 nitrogen and oxygen atoms in total. The quantitative estimate of drug-likeness (QED) is 0.379. The number of carbonyl (C=O) groups is 2. The van der Waals surface area contributed by atoms with Crippen molar-refractivity contribution in [3.63, 3.8) is 0 Å². The zero-order chi connectivity index (χ0) is 21.8. The standard InChI is InChI=1S/C21H20N4O5/c1-13-10-18(19(25(28)29)11-14(13)2)23-20(26)12-30-21(27)16-4-6-17(7-5-16)24-15(3)8-9-22-24/h4-11H,12H2,1-3H3,(H,23,26). The molecule has 1 N–H and O–H groups in total. The molecule has 1 aromatic heterocycles. The minimum atomic E-state index is -0.677. The minimum absolute atomic E-state index is 0.0584. The van der Waals surface area contributed by atoms with E-state index in [0.717, 1.165) is 22.5 Å². The topological polar surface area (TPSA) is 116 Å². The van der Waals surface area contributed by atoms with Crippen LogP contribution in [0.3, 0.4) is 0 Å². The summed E-state index contributed by atoms with van der Waals surface area (Å²) in [6.45, 7) is 4.87. The third-order valence-corrected chi connectivity index (χ3v) is 4.60. The Morgan fingerprint density at radius 1 is 1.10 bits per heavy atom. The number of benzene rings is 2. The number of amides is 1. The predicted molar refractivity (Wildman–Crippen MR) is 110 cm³/mol. The van der Waals surface area contributed by atoms with E-state index in [2.05, 4.69) is 10.4 Å². The molecular weight excluding hydrogens is 388 g/mol. The number of anilines is 1. The van der Waals surface area contributed by atoms with Crippen LogP contribution in [0.2, 0.25) is 0 Å². The lowest BCUT2D eigenvalue weighted by atomic mass is 10.1. The largest absolute Gasteiger partial charge is 0.452 e. The average molecular weight is 408 g/mol. The summed E-state index contributed by atoms with van der Waals surface area (Å²) in [6, 6.07) is 11.4. The molecular formula is C21H20N4O5. The van der Waals surface area contributed by atoms with Crippen LogP contribution < -0.4 is 5.32 Å². The number of carbonyl (C=O) groups excluding carboxylic acids is 2. The number of hydrogen-bond donors (Lipinski definition) is 1. The Hall–Kier alpha value is -4.01. The molecule has 0 aliphatic carbocycles. The number of nitro benzene ring substituents is 1. The second kappa shape index (κ2) is 8.56. The van der Waals surface area contributed by atoms with Crippen molar-refractivity contribution in [3.8, 4) is 5.69 Å². The predicted octanol–water partition coefficient (Wildman–Crippen LogP) is 3.50. The molecule has 2 aromatic carbocycles. The molecule has 0 spiro atoms. The zero-order valence-corrected chi connectivity index (χ0v) is 16.7. The minimum Gasteiger partial charge on any atom is -0.452 e. The Kier molecular flexibility index (Phi) is 5.91. The van der Waals surface area contributed by atoms with Crippen molar-refractivity contribution in [2.45, 2.75) is 20.8 Å². The van der Waals surface area contributed by atoms with Crippen molar-refractivity contribution >= 4 is 23.3 Å². The van der Waals surface area contributed by atoms with Crippen LogP contribution in [0.1, 0.15) is 27.2 Å². The lowest BCUT2D eigenvalue weighted by molar-refractivity contribution is -0.384. The fourth-order valence-corrected chi connectivity index (χ4v) is 2.83. The van der Waals surface area contributed by atoms with Gasteiger partial charge in [0.2, 0.25) is 0 Å². The monoisotopic (exact) mass is 408 g/mol. The van der Waals surface area contributed by atoms with E-state index in [4.69, 9.17) is 4.74 Å². The molecule has 9 heteroatoms. The number of hydrogen-bond acceptors (Lipinski definition) is 6. The van der Waals surface area contributed by atoms with Gasteiger partial charge in [0, 0.05) is 18.0 Å². The maximum atomic E-state index is 12.2. The van der Waals surface area contributed by atoms with Crippen molar-refractivity contribution in [2.75, 3.05) is 11.9 Å². The van der Waals surface area contributed by atoms with Gasteiger partial charge in [0.1, 0.15) is 5.69 Å². The molecule has 0 radical (unpaired) electrons. The van der Waals surface area contributed by atoms with Gasteiger partial charge in [0.15, 0.2) is 6.61 Å². The van der Waals surface area contributed by atoms with E-state index in [-0.39, 0.29) is 16.9 Å². The van der Waals surface area contributed by atoms with Crippen molar-refractivity contribution in [2.24, 2.45) is 0 Å². The van der Waals surface area contributed by atoms with E-state index in [1.807, 2.05) is 13.0 Å². The van der Waals surface area contributed by atoms with E-state index >= 15 is 0 Å². The number of nitro groups is 1. The zero-order valence-electron chi connectivity index (χ0n) is 16.7. The lowest BCUT2D eigenvalue weighted by Gasteiger charge is -2.10. The second-order valence-electron chi connectivity index (χ2n) is 6.77. The van der Waals surface area contributed by atoms with Crippen molar-refractivity contribution in [3.05, 3.63) is 81.2 Å². The van der Waals surface area contributed by atoms with Crippen molar-refractivity contribution in [1.29, 1.82) is 0 Å². The number of esters is 1. The summed E-state index contributed by atoms with van der Waals surface area (Å²) < 4.78 is 6.75. The highest BCUT2D eigenvalue weighted by Gasteiger charge is 2.18. The molecule has 1 amide bonds. The first kappa shape index (κ1) is 20.7. The number of aromatic nitrogens is 2. The molecule has 0 saturated heterocycles. The molecule has 1 heterocycles. The van der Waals surface area contributed by atoms with Crippen LogP contribution in [0.25, 0.3) is 5.69 Å². The smallest absolute Gasteiger partial charge is 0.338 e. The molecule has 30 heavy (non-hydrogen) atoms. The fourth-order valence-electron chi connectivity index (χ4n) is 2.83. The number of nitrogens with one attached hydrogen (secondary N) is 1. The molecule has 0 saturated carbocycles. The molecule has 0 aliphatic rings. The fraction of sp³-hybridized carbons (Fsp3) is 0.190. The summed E-state index contributed by atoms with van der Waals surface area (Å²) in [7, 11) is 0. The maximum absolute atomic E-state index is 12.2. The van der Waals surface area contributed by atoms with Crippen LogP contribution in [0.5, 0.6) is 0 Å². The maximum Gasteiger partial charge on any atom is 0.338 e. The van der Waals surface area contributed by atoms with Gasteiger partial charge in [-0.2, -0.15) is 5.10 Å². The van der Waals surface area contributed by atoms with Gasteiger partial charge in [0.25, 0.3) is 11.6 Å². The lowest BCUT2D eigenvalue weighted by Crippen LogP contribution is -2.21. The van der Waals surface area contributed by atoms with Gasteiger partial charge >= 0.3 is 5.97 Å². The van der Waals surface area contributed by atoms with Crippen molar-refractivity contribution in [1.82, 2.24) is 9.78 Å². The third kappa shape index (κ3) is 4.52. The molecule has 154 valence electrons. The number of nitrogens with zero attached hydrogens (tertiary/aromatic N) is 3. The molecule has 3 rings (SSSR count). The molecule has 0 unspecified atom stereocenters. The Morgan fingerprint density at radius 3 is 2.37 bits per heavy atom. The summed E-state index contributed by atoms with van der Waals surface area (Å²) in [5.74, 6) is -1.35. The van der Waals surface area contributed by atoms with Crippen LogP contribution in [-0.4, -0.2) is 33.2 Å². The summed E-state index contributed by atoms with van der Waals surface area (Å²) >= 11 is 0. The first-order valence-corrected chi connectivity index (χ1v) is 9.10. The van der Waals surface area contributed by atoms with Gasteiger partial charge in [-0.1, -0.05) is 0 Å². The van der Waals surface area contributed by atoms with Crippen LogP contribution in [0.4, 0.5) is 11.4 Å². The number of ether oxygens (including phenoxy) is 1. The van der Waals surface area contributed by atoms with Gasteiger partial charge in [-0.05, 0) is 68.3 Å². The Bertz CT molecular complexity index is 1120. The summed E-state index contributed by atoms with van der Waals surface area (Å²) in [5.41, 5.74) is 3.37. The molecule has 3 aromatic rings. The molecule has 0 atom stereocenters. The van der Waals surface area contributed by atoms with Crippen LogP contribution in [0.15, 0.2) is 48.7 Å². The number of rotatable bonds is 6. The SMILES string of the molecule is Cc1cc(NC(=O)COC(=O)c2ccc(-n3nccc3C)cc2)c([N+](=O)[O-])cc1C. The van der Waals surface area contributed by atoms with Crippen LogP contribution >= 0.6 is 0 Å². The molecule has 0 bridgehead atoms. The Labute approximate surface area is 172 Å².